The van der Waals surface area contributed by atoms with Gasteiger partial charge >= 0.3 is 0 Å². The van der Waals surface area contributed by atoms with Gasteiger partial charge in [-0.05, 0) is 46.6 Å². The van der Waals surface area contributed by atoms with Crippen molar-refractivity contribution in [1.82, 2.24) is 4.98 Å². The fraction of sp³-hybridized carbons (Fsp3) is 0.100. The van der Waals surface area contributed by atoms with E-state index in [4.69, 9.17) is 11.6 Å². The molecule has 0 spiro atoms. The molecule has 0 bridgehead atoms. The van der Waals surface area contributed by atoms with Crippen LogP contribution in [0.5, 0.6) is 0 Å². The van der Waals surface area contributed by atoms with E-state index in [2.05, 4.69) is 20.9 Å². The molecule has 66 valence electrons. The molecular weight excluding hydrogens is 249 g/mol. The molecule has 0 aliphatic carbocycles. The van der Waals surface area contributed by atoms with Gasteiger partial charge in [0.2, 0.25) is 0 Å². The molecule has 1 aromatic carbocycles. The smallest absolute Gasteiger partial charge is 0.106 e. The first-order valence-electron chi connectivity index (χ1n) is 3.90. The zero-order chi connectivity index (χ0) is 9.42. The quantitative estimate of drug-likeness (QED) is 0.650. The number of pyridine rings is 1. The van der Waals surface area contributed by atoms with Gasteiger partial charge in [-0.25, -0.2) is 4.98 Å². The van der Waals surface area contributed by atoms with Gasteiger partial charge in [0, 0.05) is 5.39 Å². The molecule has 13 heavy (non-hydrogen) atoms. The summed E-state index contributed by atoms with van der Waals surface area (Å²) >= 11 is 9.34. The second-order valence-corrected chi connectivity index (χ2v) is 4.11. The number of benzene rings is 1. The minimum Gasteiger partial charge on any atom is -0.239 e. The minimum atomic E-state index is 0.696. The molecular formula is C10H7BrClN. The summed E-state index contributed by atoms with van der Waals surface area (Å²) in [4.78, 5) is 4.32. The van der Waals surface area contributed by atoms with E-state index in [0.29, 0.717) is 5.02 Å². The summed E-state index contributed by atoms with van der Waals surface area (Å²) in [5.41, 5.74) is 2.05. The number of fused-ring (bicyclic) bond motifs is 1. The third kappa shape index (κ3) is 1.56. The third-order valence-electron chi connectivity index (χ3n) is 1.99. The number of hydrogen-bond donors (Lipinski definition) is 0. The maximum atomic E-state index is 6.02. The summed E-state index contributed by atoms with van der Waals surface area (Å²) in [5.74, 6) is 0. The van der Waals surface area contributed by atoms with E-state index in [1.54, 1.807) is 0 Å². The zero-order valence-corrected chi connectivity index (χ0v) is 9.35. The van der Waals surface area contributed by atoms with Crippen LogP contribution in [0, 0.1) is 6.92 Å². The highest BCUT2D eigenvalue weighted by Crippen LogP contribution is 2.25. The number of aryl methyl sites for hydroxylation is 1. The number of rotatable bonds is 0. The van der Waals surface area contributed by atoms with E-state index in [0.717, 1.165) is 15.5 Å². The Morgan fingerprint density at radius 1 is 1.23 bits per heavy atom. The molecule has 0 saturated heterocycles. The molecule has 0 amide bonds. The fourth-order valence-corrected chi connectivity index (χ4v) is 1.82. The molecule has 0 unspecified atom stereocenters. The Morgan fingerprint density at radius 2 is 2.00 bits per heavy atom. The average Bonchev–Trinajstić information content (AvgIpc) is 2.12. The molecule has 0 N–H and O–H groups in total. The van der Waals surface area contributed by atoms with Crippen LogP contribution in [0.15, 0.2) is 28.9 Å². The highest BCUT2D eigenvalue weighted by Gasteiger charge is 2.03. The van der Waals surface area contributed by atoms with E-state index in [1.807, 2.05) is 31.2 Å². The van der Waals surface area contributed by atoms with Gasteiger partial charge in [0.15, 0.2) is 0 Å². The van der Waals surface area contributed by atoms with Gasteiger partial charge in [0.1, 0.15) is 4.60 Å². The Labute approximate surface area is 89.9 Å². The van der Waals surface area contributed by atoms with Gasteiger partial charge < -0.3 is 0 Å². The van der Waals surface area contributed by atoms with E-state index < -0.39 is 0 Å². The average molecular weight is 257 g/mol. The fourth-order valence-electron chi connectivity index (χ4n) is 1.30. The lowest BCUT2D eigenvalue weighted by Crippen LogP contribution is -1.84. The summed E-state index contributed by atoms with van der Waals surface area (Å²) in [6, 6.07) is 7.82. The maximum Gasteiger partial charge on any atom is 0.106 e. The van der Waals surface area contributed by atoms with E-state index in [-0.39, 0.29) is 0 Å². The van der Waals surface area contributed by atoms with Crippen LogP contribution in [0.3, 0.4) is 0 Å². The van der Waals surface area contributed by atoms with Crippen molar-refractivity contribution in [3.63, 3.8) is 0 Å². The monoisotopic (exact) mass is 255 g/mol. The first-order valence-corrected chi connectivity index (χ1v) is 5.07. The maximum absolute atomic E-state index is 6.02. The van der Waals surface area contributed by atoms with Crippen molar-refractivity contribution in [2.75, 3.05) is 0 Å². The molecule has 1 nitrogen and oxygen atoms in total. The predicted octanol–water partition coefficient (Wildman–Crippen LogP) is 3.96. The Balaban J connectivity index is 2.92. The third-order valence-corrected chi connectivity index (χ3v) is 2.74. The van der Waals surface area contributed by atoms with E-state index in [1.165, 1.54) is 5.56 Å². The molecule has 0 aliphatic heterocycles. The highest BCUT2D eigenvalue weighted by atomic mass is 79.9. The van der Waals surface area contributed by atoms with Crippen LogP contribution in [0.2, 0.25) is 5.02 Å². The van der Waals surface area contributed by atoms with Gasteiger partial charge in [-0.15, -0.1) is 0 Å². The molecule has 0 saturated carbocycles. The van der Waals surface area contributed by atoms with Crippen molar-refractivity contribution in [2.24, 2.45) is 0 Å². The van der Waals surface area contributed by atoms with E-state index >= 15 is 0 Å². The Hall–Kier alpha value is -0.600. The van der Waals surface area contributed by atoms with Crippen LogP contribution < -0.4 is 0 Å². The molecule has 2 rings (SSSR count). The predicted molar refractivity (Wildman–Crippen MR) is 59.2 cm³/mol. The topological polar surface area (TPSA) is 12.9 Å². The Bertz CT molecular complexity index is 468. The first kappa shape index (κ1) is 8.97. The van der Waals surface area contributed by atoms with Crippen LogP contribution in [-0.2, 0) is 0 Å². The SMILES string of the molecule is Cc1ccc(Cl)c2nc(Br)ccc12. The Morgan fingerprint density at radius 3 is 2.77 bits per heavy atom. The Kier molecular flexibility index (Phi) is 2.26. The molecule has 2 aromatic rings. The van der Waals surface area contributed by atoms with Gasteiger partial charge in [0.25, 0.3) is 0 Å². The van der Waals surface area contributed by atoms with Crippen LogP contribution in [-0.4, -0.2) is 4.98 Å². The van der Waals surface area contributed by atoms with Gasteiger partial charge in [-0.1, -0.05) is 17.7 Å². The first-order chi connectivity index (χ1) is 6.18. The second kappa shape index (κ2) is 3.28. The summed E-state index contributed by atoms with van der Waals surface area (Å²) < 4.78 is 0.813. The van der Waals surface area contributed by atoms with Crippen molar-refractivity contribution >= 4 is 38.4 Å². The van der Waals surface area contributed by atoms with Crippen LogP contribution >= 0.6 is 27.5 Å². The normalized spacial score (nSPS) is 10.7. The van der Waals surface area contributed by atoms with Crippen molar-refractivity contribution in [1.29, 1.82) is 0 Å². The summed E-state index contributed by atoms with van der Waals surface area (Å²) in [6.45, 7) is 2.05. The lowest BCUT2D eigenvalue weighted by molar-refractivity contribution is 1.34. The lowest BCUT2D eigenvalue weighted by Gasteiger charge is -2.03. The second-order valence-electron chi connectivity index (χ2n) is 2.89. The lowest BCUT2D eigenvalue weighted by atomic mass is 10.1. The molecule has 0 radical (unpaired) electrons. The van der Waals surface area contributed by atoms with Crippen LogP contribution in [0.4, 0.5) is 0 Å². The van der Waals surface area contributed by atoms with Crippen molar-refractivity contribution < 1.29 is 0 Å². The molecule has 3 heteroatoms. The number of halogens is 2. The number of hydrogen-bond acceptors (Lipinski definition) is 1. The number of nitrogens with zero attached hydrogens (tertiary/aromatic N) is 1. The summed E-state index contributed by atoms with van der Waals surface area (Å²) in [7, 11) is 0. The highest BCUT2D eigenvalue weighted by molar-refractivity contribution is 9.10. The largest absolute Gasteiger partial charge is 0.239 e. The van der Waals surface area contributed by atoms with Gasteiger partial charge in [-0.2, -0.15) is 0 Å². The molecule has 1 aromatic heterocycles. The molecule has 0 atom stereocenters. The molecule has 0 aliphatic rings. The van der Waals surface area contributed by atoms with E-state index in [9.17, 15) is 0 Å². The van der Waals surface area contributed by atoms with Crippen LogP contribution in [0.1, 0.15) is 5.56 Å². The zero-order valence-electron chi connectivity index (χ0n) is 7.01. The standard InChI is InChI=1S/C10H7BrClN/c1-6-2-4-8(12)10-7(6)3-5-9(11)13-10/h2-5H,1H3. The summed E-state index contributed by atoms with van der Waals surface area (Å²) in [5, 5.41) is 1.80. The summed E-state index contributed by atoms with van der Waals surface area (Å²) in [6.07, 6.45) is 0. The van der Waals surface area contributed by atoms with Crippen LogP contribution in [0.25, 0.3) is 10.9 Å². The van der Waals surface area contributed by atoms with Gasteiger partial charge in [0.05, 0.1) is 10.5 Å². The van der Waals surface area contributed by atoms with Crippen molar-refractivity contribution in [2.45, 2.75) is 6.92 Å². The molecule has 0 fully saturated rings. The minimum absolute atomic E-state index is 0.696. The van der Waals surface area contributed by atoms with Crippen molar-refractivity contribution in [3.05, 3.63) is 39.5 Å². The number of aromatic nitrogens is 1. The van der Waals surface area contributed by atoms with Gasteiger partial charge in [-0.3, -0.25) is 0 Å². The van der Waals surface area contributed by atoms with Crippen molar-refractivity contribution in [3.8, 4) is 0 Å². The molecule has 1 heterocycles.